The molecule has 1 saturated heterocycles. The molecule has 1 unspecified atom stereocenters. The van der Waals surface area contributed by atoms with Gasteiger partial charge >= 0.3 is 0 Å². The van der Waals surface area contributed by atoms with Crippen molar-refractivity contribution in [3.8, 4) is 0 Å². The highest BCUT2D eigenvalue weighted by Crippen LogP contribution is 2.40. The Kier molecular flexibility index (Phi) is 3.43. The first-order valence-corrected chi connectivity index (χ1v) is 7.92. The summed E-state index contributed by atoms with van der Waals surface area (Å²) in [6.45, 7) is 9.07. The van der Waals surface area contributed by atoms with Crippen LogP contribution in [0.2, 0.25) is 0 Å². The van der Waals surface area contributed by atoms with Gasteiger partial charge in [-0.05, 0) is 52.1 Å². The fourth-order valence-electron chi connectivity index (χ4n) is 3.11. The molecule has 1 N–H and O–H groups in total. The first kappa shape index (κ1) is 12.6. The van der Waals surface area contributed by atoms with Crippen molar-refractivity contribution in [1.29, 1.82) is 0 Å². The van der Waals surface area contributed by atoms with Crippen LogP contribution in [0.5, 0.6) is 0 Å². The highest BCUT2D eigenvalue weighted by Gasteiger charge is 2.42. The molecule has 3 rings (SSSR count). The van der Waals surface area contributed by atoms with Gasteiger partial charge in [0.25, 0.3) is 0 Å². The molecule has 0 bridgehead atoms. The second-order valence-electron chi connectivity index (χ2n) is 6.04. The summed E-state index contributed by atoms with van der Waals surface area (Å²) in [5.41, 5.74) is 1.58. The average molecular weight is 265 g/mol. The number of nitrogens with one attached hydrogen (secondary N) is 1. The van der Waals surface area contributed by atoms with Crippen LogP contribution in [0.25, 0.3) is 0 Å². The first-order valence-electron chi connectivity index (χ1n) is 7.04. The lowest BCUT2D eigenvalue weighted by molar-refractivity contribution is 0.193. The maximum absolute atomic E-state index is 4.60. The van der Waals surface area contributed by atoms with E-state index in [1.54, 1.807) is 11.3 Å². The lowest BCUT2D eigenvalue weighted by atomic mass is 9.95. The second-order valence-corrected chi connectivity index (χ2v) is 7.10. The molecule has 1 aromatic heterocycles. The molecule has 1 aliphatic heterocycles. The Bertz CT molecular complexity index is 413. The van der Waals surface area contributed by atoms with E-state index in [1.807, 2.05) is 0 Å². The normalized spacial score (nSPS) is 30.3. The fraction of sp³-hybridized carbons (Fsp3) is 0.786. The Morgan fingerprint density at radius 1 is 1.56 bits per heavy atom. The van der Waals surface area contributed by atoms with Crippen LogP contribution in [0.1, 0.15) is 36.9 Å². The van der Waals surface area contributed by atoms with Crippen LogP contribution >= 0.6 is 11.3 Å². The third kappa shape index (κ3) is 2.76. The van der Waals surface area contributed by atoms with Crippen LogP contribution in [-0.4, -0.2) is 35.1 Å². The van der Waals surface area contributed by atoms with Crippen LogP contribution in [0.15, 0.2) is 5.38 Å². The largest absolute Gasteiger partial charge is 0.310 e. The molecule has 2 fully saturated rings. The van der Waals surface area contributed by atoms with Crippen LogP contribution in [0.4, 0.5) is 0 Å². The summed E-state index contributed by atoms with van der Waals surface area (Å²) in [5, 5.41) is 7.18. The van der Waals surface area contributed by atoms with E-state index < -0.39 is 0 Å². The molecule has 3 nitrogen and oxygen atoms in total. The van der Waals surface area contributed by atoms with Crippen molar-refractivity contribution in [2.24, 2.45) is 5.92 Å². The Morgan fingerprint density at radius 3 is 3.06 bits per heavy atom. The summed E-state index contributed by atoms with van der Waals surface area (Å²) in [5.74, 6) is 0.898. The Balaban J connectivity index is 1.67. The zero-order valence-electron chi connectivity index (χ0n) is 11.4. The minimum absolute atomic E-state index is 0.335. The Hall–Kier alpha value is -0.450. The van der Waals surface area contributed by atoms with Gasteiger partial charge in [-0.15, -0.1) is 11.3 Å². The molecular weight excluding hydrogens is 242 g/mol. The average Bonchev–Trinajstić information content (AvgIpc) is 3.11. The predicted molar refractivity (Wildman–Crippen MR) is 75.9 cm³/mol. The molecule has 4 heteroatoms. The second kappa shape index (κ2) is 4.91. The molecule has 2 aliphatic rings. The minimum atomic E-state index is 0.335. The van der Waals surface area contributed by atoms with Crippen LogP contribution in [0, 0.1) is 12.8 Å². The number of aromatic nitrogens is 1. The number of hydrogen-bond donors (Lipinski definition) is 1. The van der Waals surface area contributed by atoms with Crippen molar-refractivity contribution in [2.45, 2.75) is 45.2 Å². The van der Waals surface area contributed by atoms with Crippen molar-refractivity contribution >= 4 is 11.3 Å². The summed E-state index contributed by atoms with van der Waals surface area (Å²) < 4.78 is 0. The summed E-state index contributed by atoms with van der Waals surface area (Å²) >= 11 is 1.76. The van der Waals surface area contributed by atoms with E-state index in [9.17, 15) is 0 Å². The van der Waals surface area contributed by atoms with E-state index in [2.05, 4.69) is 34.4 Å². The molecule has 18 heavy (non-hydrogen) atoms. The van der Waals surface area contributed by atoms with E-state index >= 15 is 0 Å². The molecule has 100 valence electrons. The molecule has 0 amide bonds. The van der Waals surface area contributed by atoms with E-state index in [-0.39, 0.29) is 0 Å². The Morgan fingerprint density at radius 2 is 2.39 bits per heavy atom. The monoisotopic (exact) mass is 265 g/mol. The van der Waals surface area contributed by atoms with Crippen molar-refractivity contribution in [2.75, 3.05) is 19.6 Å². The first-order chi connectivity index (χ1) is 8.66. The quantitative estimate of drug-likeness (QED) is 0.910. The van der Waals surface area contributed by atoms with E-state index in [4.69, 9.17) is 0 Å². The van der Waals surface area contributed by atoms with Crippen LogP contribution in [0.3, 0.4) is 0 Å². The summed E-state index contributed by atoms with van der Waals surface area (Å²) in [7, 11) is 0. The van der Waals surface area contributed by atoms with Gasteiger partial charge in [0.05, 0.1) is 10.7 Å². The van der Waals surface area contributed by atoms with E-state index in [0.29, 0.717) is 5.54 Å². The molecule has 1 saturated carbocycles. The molecule has 2 heterocycles. The molecular formula is C14H23N3S. The molecule has 1 aliphatic carbocycles. The van der Waals surface area contributed by atoms with Crippen LogP contribution in [-0.2, 0) is 6.54 Å². The summed E-state index contributed by atoms with van der Waals surface area (Å²) in [6.07, 6.45) is 4.08. The van der Waals surface area contributed by atoms with Crippen molar-refractivity contribution < 1.29 is 0 Å². The summed E-state index contributed by atoms with van der Waals surface area (Å²) in [6, 6.07) is 0. The standard InChI is InChI=1S/C14H23N3S/c1-11-16-13(9-18-11)8-17-7-3-6-15-14(2,10-17)12-4-5-12/h9,12,15H,3-8,10H2,1-2H3. The maximum Gasteiger partial charge on any atom is 0.0897 e. The van der Waals surface area contributed by atoms with Crippen molar-refractivity contribution in [3.63, 3.8) is 0 Å². The maximum atomic E-state index is 4.60. The van der Waals surface area contributed by atoms with Crippen LogP contribution < -0.4 is 5.32 Å². The van der Waals surface area contributed by atoms with E-state index in [1.165, 1.54) is 49.6 Å². The van der Waals surface area contributed by atoms with Gasteiger partial charge in [0.15, 0.2) is 0 Å². The van der Waals surface area contributed by atoms with Gasteiger partial charge < -0.3 is 5.32 Å². The highest BCUT2D eigenvalue weighted by atomic mass is 32.1. The van der Waals surface area contributed by atoms with Gasteiger partial charge in [-0.1, -0.05) is 0 Å². The van der Waals surface area contributed by atoms with E-state index in [0.717, 1.165) is 12.5 Å². The topological polar surface area (TPSA) is 28.2 Å². The van der Waals surface area contributed by atoms with Gasteiger partial charge in [0, 0.05) is 24.0 Å². The molecule has 0 spiro atoms. The SMILES string of the molecule is Cc1nc(CN2CCCNC(C)(C3CC3)C2)cs1. The number of rotatable bonds is 3. The number of thiazole rings is 1. The van der Waals surface area contributed by atoms with Gasteiger partial charge in [0.2, 0.25) is 0 Å². The zero-order chi connectivity index (χ0) is 12.6. The van der Waals surface area contributed by atoms with Gasteiger partial charge in [-0.3, -0.25) is 4.90 Å². The van der Waals surface area contributed by atoms with Crippen molar-refractivity contribution in [3.05, 3.63) is 16.1 Å². The molecule has 0 radical (unpaired) electrons. The Labute approximate surface area is 114 Å². The summed E-state index contributed by atoms with van der Waals surface area (Å²) in [4.78, 5) is 7.19. The van der Waals surface area contributed by atoms with Crippen molar-refractivity contribution in [1.82, 2.24) is 15.2 Å². The highest BCUT2D eigenvalue weighted by molar-refractivity contribution is 7.09. The fourth-order valence-corrected chi connectivity index (χ4v) is 3.72. The lowest BCUT2D eigenvalue weighted by Crippen LogP contribution is -2.50. The zero-order valence-corrected chi connectivity index (χ0v) is 12.2. The van der Waals surface area contributed by atoms with Gasteiger partial charge in [0.1, 0.15) is 0 Å². The predicted octanol–water partition coefficient (Wildman–Crippen LogP) is 2.42. The molecule has 1 atom stereocenters. The van der Waals surface area contributed by atoms with Gasteiger partial charge in [-0.2, -0.15) is 0 Å². The smallest absolute Gasteiger partial charge is 0.0897 e. The molecule has 1 aromatic rings. The number of aryl methyl sites for hydroxylation is 1. The number of nitrogens with zero attached hydrogens (tertiary/aromatic N) is 2. The molecule has 0 aromatic carbocycles. The lowest BCUT2D eigenvalue weighted by Gasteiger charge is -2.33. The minimum Gasteiger partial charge on any atom is -0.310 e. The third-order valence-electron chi connectivity index (χ3n) is 4.26. The third-order valence-corrected chi connectivity index (χ3v) is 5.08. The van der Waals surface area contributed by atoms with Gasteiger partial charge in [-0.25, -0.2) is 4.98 Å². The number of hydrogen-bond acceptors (Lipinski definition) is 4.